The maximum absolute atomic E-state index is 12.3. The SMILES string of the molecule is Cc1cccc(CCC(=O)N2CC(N3CCC(C(N)=O)CC3)C2)c1. The number of amides is 2. The van der Waals surface area contributed by atoms with Gasteiger partial charge in [-0.2, -0.15) is 0 Å². The number of carbonyl (C=O) groups excluding carboxylic acids is 2. The number of primary amides is 1. The Morgan fingerprint density at radius 1 is 1.21 bits per heavy atom. The summed E-state index contributed by atoms with van der Waals surface area (Å²) in [6.45, 7) is 5.57. The summed E-state index contributed by atoms with van der Waals surface area (Å²) in [6, 6.07) is 8.82. The van der Waals surface area contributed by atoms with Crippen molar-refractivity contribution >= 4 is 11.8 Å². The van der Waals surface area contributed by atoms with E-state index < -0.39 is 0 Å². The van der Waals surface area contributed by atoms with Gasteiger partial charge in [-0.3, -0.25) is 14.5 Å². The van der Waals surface area contributed by atoms with Crippen LogP contribution in [0, 0.1) is 12.8 Å². The molecule has 0 aromatic heterocycles. The molecule has 2 heterocycles. The molecule has 2 N–H and O–H groups in total. The van der Waals surface area contributed by atoms with Crippen LogP contribution in [0.4, 0.5) is 0 Å². The minimum atomic E-state index is -0.170. The molecule has 2 aliphatic heterocycles. The zero-order valence-corrected chi connectivity index (χ0v) is 14.4. The summed E-state index contributed by atoms with van der Waals surface area (Å²) in [4.78, 5) is 27.9. The molecule has 5 nitrogen and oxygen atoms in total. The lowest BCUT2D eigenvalue weighted by Gasteiger charge is -2.47. The number of hydrogen-bond acceptors (Lipinski definition) is 3. The predicted molar refractivity (Wildman–Crippen MR) is 93.4 cm³/mol. The van der Waals surface area contributed by atoms with E-state index in [-0.39, 0.29) is 17.7 Å². The molecule has 130 valence electrons. The first kappa shape index (κ1) is 17.0. The van der Waals surface area contributed by atoms with Crippen molar-refractivity contribution in [3.05, 3.63) is 35.4 Å². The first-order chi connectivity index (χ1) is 11.5. The van der Waals surface area contributed by atoms with E-state index in [4.69, 9.17) is 5.73 Å². The number of aryl methyl sites for hydroxylation is 2. The highest BCUT2D eigenvalue weighted by atomic mass is 16.2. The topological polar surface area (TPSA) is 66.6 Å². The molecule has 2 fully saturated rings. The van der Waals surface area contributed by atoms with E-state index in [0.717, 1.165) is 45.4 Å². The smallest absolute Gasteiger partial charge is 0.223 e. The highest BCUT2D eigenvalue weighted by Gasteiger charge is 2.36. The Morgan fingerprint density at radius 3 is 2.54 bits per heavy atom. The molecule has 0 bridgehead atoms. The van der Waals surface area contributed by atoms with Gasteiger partial charge in [0.25, 0.3) is 0 Å². The van der Waals surface area contributed by atoms with E-state index in [0.29, 0.717) is 12.5 Å². The standard InChI is InChI=1S/C19H27N3O2/c1-14-3-2-4-15(11-14)5-6-18(23)22-12-17(13-22)21-9-7-16(8-10-21)19(20)24/h2-4,11,16-17H,5-10,12-13H2,1H3,(H2,20,24). The number of nitrogens with zero attached hydrogens (tertiary/aromatic N) is 2. The third-order valence-corrected chi connectivity index (χ3v) is 5.37. The minimum absolute atomic E-state index is 0.0355. The van der Waals surface area contributed by atoms with Crippen molar-refractivity contribution in [3.63, 3.8) is 0 Å². The van der Waals surface area contributed by atoms with Gasteiger partial charge >= 0.3 is 0 Å². The third kappa shape index (κ3) is 3.96. The molecular formula is C19H27N3O2. The van der Waals surface area contributed by atoms with Crippen LogP contribution < -0.4 is 5.73 Å². The summed E-state index contributed by atoms with van der Waals surface area (Å²) in [5.74, 6) is 0.115. The van der Waals surface area contributed by atoms with Crippen LogP contribution in [0.2, 0.25) is 0 Å². The van der Waals surface area contributed by atoms with E-state index in [1.165, 1.54) is 11.1 Å². The van der Waals surface area contributed by atoms with Crippen molar-refractivity contribution < 1.29 is 9.59 Å². The number of piperidine rings is 1. The van der Waals surface area contributed by atoms with Crippen molar-refractivity contribution in [1.82, 2.24) is 9.80 Å². The lowest BCUT2D eigenvalue weighted by Crippen LogP contribution is -2.62. The van der Waals surface area contributed by atoms with Crippen LogP contribution in [-0.2, 0) is 16.0 Å². The molecule has 0 radical (unpaired) electrons. The van der Waals surface area contributed by atoms with Gasteiger partial charge in [0, 0.05) is 31.5 Å². The number of benzene rings is 1. The van der Waals surface area contributed by atoms with E-state index in [1.54, 1.807) is 0 Å². The third-order valence-electron chi connectivity index (χ3n) is 5.37. The molecule has 0 unspecified atom stereocenters. The van der Waals surface area contributed by atoms with Crippen LogP contribution in [0.25, 0.3) is 0 Å². The molecular weight excluding hydrogens is 302 g/mol. The summed E-state index contributed by atoms with van der Waals surface area (Å²) in [6.07, 6.45) is 3.10. The van der Waals surface area contributed by atoms with Gasteiger partial charge in [0.1, 0.15) is 0 Å². The van der Waals surface area contributed by atoms with Crippen molar-refractivity contribution in [3.8, 4) is 0 Å². The van der Waals surface area contributed by atoms with Gasteiger partial charge in [0.05, 0.1) is 0 Å². The highest BCUT2D eigenvalue weighted by molar-refractivity contribution is 5.77. The zero-order valence-electron chi connectivity index (χ0n) is 14.4. The second-order valence-corrected chi connectivity index (χ2v) is 7.15. The molecule has 2 aliphatic rings. The Hall–Kier alpha value is -1.88. The zero-order chi connectivity index (χ0) is 17.1. The Balaban J connectivity index is 1.39. The summed E-state index contributed by atoms with van der Waals surface area (Å²) >= 11 is 0. The molecule has 2 amide bonds. The molecule has 1 aromatic carbocycles. The molecule has 2 saturated heterocycles. The van der Waals surface area contributed by atoms with Crippen molar-refractivity contribution in [1.29, 1.82) is 0 Å². The van der Waals surface area contributed by atoms with Crippen LogP contribution in [0.15, 0.2) is 24.3 Å². The minimum Gasteiger partial charge on any atom is -0.369 e. The van der Waals surface area contributed by atoms with Gasteiger partial charge in [0.15, 0.2) is 0 Å². The van der Waals surface area contributed by atoms with Gasteiger partial charge in [0.2, 0.25) is 11.8 Å². The van der Waals surface area contributed by atoms with Crippen LogP contribution in [0.1, 0.15) is 30.4 Å². The average Bonchev–Trinajstić information content (AvgIpc) is 2.52. The summed E-state index contributed by atoms with van der Waals surface area (Å²) in [5.41, 5.74) is 7.85. The molecule has 5 heteroatoms. The Labute approximate surface area is 143 Å². The second-order valence-electron chi connectivity index (χ2n) is 7.15. The maximum atomic E-state index is 12.3. The fraction of sp³-hybridized carbons (Fsp3) is 0.579. The van der Waals surface area contributed by atoms with Crippen LogP contribution in [0.5, 0.6) is 0 Å². The Bertz CT molecular complexity index is 602. The molecule has 0 atom stereocenters. The maximum Gasteiger partial charge on any atom is 0.223 e. The first-order valence-corrected chi connectivity index (χ1v) is 8.89. The van der Waals surface area contributed by atoms with E-state index >= 15 is 0 Å². The number of rotatable bonds is 5. The fourth-order valence-electron chi connectivity index (χ4n) is 3.72. The van der Waals surface area contributed by atoms with Crippen molar-refractivity contribution in [2.24, 2.45) is 11.7 Å². The fourth-order valence-corrected chi connectivity index (χ4v) is 3.72. The van der Waals surface area contributed by atoms with E-state index in [9.17, 15) is 9.59 Å². The van der Waals surface area contributed by atoms with E-state index in [2.05, 4.69) is 30.0 Å². The number of carbonyl (C=O) groups is 2. The summed E-state index contributed by atoms with van der Waals surface area (Å²) in [5, 5.41) is 0. The Kier molecular flexibility index (Phi) is 5.19. The summed E-state index contributed by atoms with van der Waals surface area (Å²) < 4.78 is 0. The van der Waals surface area contributed by atoms with Gasteiger partial charge in [-0.05, 0) is 44.8 Å². The molecule has 3 rings (SSSR count). The normalized spacial score (nSPS) is 20.0. The average molecular weight is 329 g/mol. The van der Waals surface area contributed by atoms with Crippen molar-refractivity contribution in [2.45, 2.75) is 38.6 Å². The number of likely N-dealkylation sites (tertiary alicyclic amines) is 2. The Morgan fingerprint density at radius 2 is 1.92 bits per heavy atom. The van der Waals surface area contributed by atoms with Gasteiger partial charge in [-0.15, -0.1) is 0 Å². The monoisotopic (exact) mass is 329 g/mol. The van der Waals surface area contributed by atoms with Crippen molar-refractivity contribution in [2.75, 3.05) is 26.2 Å². The summed E-state index contributed by atoms with van der Waals surface area (Å²) in [7, 11) is 0. The predicted octanol–water partition coefficient (Wildman–Crippen LogP) is 1.34. The number of hydrogen-bond donors (Lipinski definition) is 1. The lowest BCUT2D eigenvalue weighted by molar-refractivity contribution is -0.139. The first-order valence-electron chi connectivity index (χ1n) is 8.89. The van der Waals surface area contributed by atoms with E-state index in [1.807, 2.05) is 11.0 Å². The lowest BCUT2D eigenvalue weighted by atomic mass is 9.93. The van der Waals surface area contributed by atoms with Crippen LogP contribution in [0.3, 0.4) is 0 Å². The second kappa shape index (κ2) is 7.34. The van der Waals surface area contributed by atoms with Crippen LogP contribution >= 0.6 is 0 Å². The molecule has 1 aromatic rings. The van der Waals surface area contributed by atoms with Gasteiger partial charge < -0.3 is 10.6 Å². The molecule has 24 heavy (non-hydrogen) atoms. The molecule has 0 saturated carbocycles. The number of nitrogens with two attached hydrogens (primary N) is 1. The quantitative estimate of drug-likeness (QED) is 0.886. The molecule has 0 spiro atoms. The highest BCUT2D eigenvalue weighted by Crippen LogP contribution is 2.23. The van der Waals surface area contributed by atoms with Gasteiger partial charge in [-0.1, -0.05) is 29.8 Å². The molecule has 0 aliphatic carbocycles. The largest absolute Gasteiger partial charge is 0.369 e. The van der Waals surface area contributed by atoms with Crippen LogP contribution in [-0.4, -0.2) is 53.8 Å². The van der Waals surface area contributed by atoms with Gasteiger partial charge in [-0.25, -0.2) is 0 Å².